The first-order chi connectivity index (χ1) is 6.07. The molecule has 5 heteroatoms. The van der Waals surface area contributed by atoms with E-state index in [1.165, 1.54) is 12.1 Å². The first kappa shape index (κ1) is 9.55. The molecule has 13 heavy (non-hydrogen) atoms. The summed E-state index contributed by atoms with van der Waals surface area (Å²) in [6.07, 6.45) is 0. The first-order valence-corrected chi connectivity index (χ1v) is 4.02. The number of benzene rings is 1. The van der Waals surface area contributed by atoms with E-state index < -0.39 is 11.7 Å². The van der Waals surface area contributed by atoms with Gasteiger partial charge < -0.3 is 10.2 Å². The molecule has 1 aromatic rings. The number of aromatic carboxylic acids is 1. The van der Waals surface area contributed by atoms with Crippen LogP contribution in [0.1, 0.15) is 15.9 Å². The molecule has 0 unspecified atom stereocenters. The number of hydrogen-bond acceptors (Lipinski definition) is 3. The Labute approximate surface area is 82.2 Å². The zero-order valence-corrected chi connectivity index (χ0v) is 7.87. The molecule has 0 amide bonds. The summed E-state index contributed by atoms with van der Waals surface area (Å²) in [6.45, 7) is 0. The summed E-state index contributed by atoms with van der Waals surface area (Å²) in [5, 5.41) is 26.5. The van der Waals surface area contributed by atoms with Gasteiger partial charge in [-0.15, -0.1) is 0 Å². The van der Waals surface area contributed by atoms with E-state index in [4.69, 9.17) is 10.4 Å². The molecule has 2 N–H and O–H groups in total. The third kappa shape index (κ3) is 1.63. The normalized spacial score (nSPS) is 9.23. The molecule has 0 saturated heterocycles. The highest BCUT2D eigenvalue weighted by Gasteiger charge is 2.15. The summed E-state index contributed by atoms with van der Waals surface area (Å²) in [4.78, 5) is 10.5. The summed E-state index contributed by atoms with van der Waals surface area (Å²) in [5.74, 6) is -1.77. The van der Waals surface area contributed by atoms with Crippen molar-refractivity contribution in [2.24, 2.45) is 0 Å². The van der Waals surface area contributed by atoms with Gasteiger partial charge in [-0.3, -0.25) is 0 Å². The van der Waals surface area contributed by atoms with Gasteiger partial charge in [-0.2, -0.15) is 5.26 Å². The zero-order valence-electron chi connectivity index (χ0n) is 6.28. The molecule has 0 spiro atoms. The second kappa shape index (κ2) is 3.46. The molecular weight excluding hydrogens is 238 g/mol. The van der Waals surface area contributed by atoms with Gasteiger partial charge in [0.25, 0.3) is 0 Å². The lowest BCUT2D eigenvalue weighted by Gasteiger charge is -2.02. The number of carboxylic acid groups (broad SMARTS) is 1. The van der Waals surface area contributed by atoms with Crippen molar-refractivity contribution < 1.29 is 15.0 Å². The second-order valence-electron chi connectivity index (χ2n) is 2.24. The van der Waals surface area contributed by atoms with Crippen molar-refractivity contribution in [1.29, 1.82) is 5.26 Å². The average Bonchev–Trinajstić information content (AvgIpc) is 2.04. The quantitative estimate of drug-likeness (QED) is 0.785. The average molecular weight is 242 g/mol. The molecule has 1 rings (SSSR count). The number of nitrogens with zero attached hydrogens (tertiary/aromatic N) is 1. The standard InChI is InChI=1S/C8H4BrNO3/c9-6-2-1-4(8(12)13)7(11)5(6)3-10/h1-2,11H,(H,12,13). The molecule has 0 heterocycles. The van der Waals surface area contributed by atoms with Gasteiger partial charge in [-0.05, 0) is 28.1 Å². The van der Waals surface area contributed by atoms with Crippen LogP contribution in [0.25, 0.3) is 0 Å². The minimum atomic E-state index is -1.26. The van der Waals surface area contributed by atoms with Crippen molar-refractivity contribution in [2.45, 2.75) is 0 Å². The predicted octanol–water partition coefficient (Wildman–Crippen LogP) is 1.72. The van der Waals surface area contributed by atoms with Crippen molar-refractivity contribution in [2.75, 3.05) is 0 Å². The first-order valence-electron chi connectivity index (χ1n) is 3.22. The summed E-state index contributed by atoms with van der Waals surface area (Å²) >= 11 is 3.02. The summed E-state index contributed by atoms with van der Waals surface area (Å²) < 4.78 is 0.373. The predicted molar refractivity (Wildman–Crippen MR) is 47.5 cm³/mol. The number of aromatic hydroxyl groups is 1. The maximum atomic E-state index is 10.5. The highest BCUT2D eigenvalue weighted by molar-refractivity contribution is 9.10. The van der Waals surface area contributed by atoms with E-state index in [0.717, 1.165) is 0 Å². The largest absolute Gasteiger partial charge is 0.506 e. The minimum Gasteiger partial charge on any atom is -0.506 e. The molecule has 0 aromatic heterocycles. The maximum absolute atomic E-state index is 10.5. The van der Waals surface area contributed by atoms with Crippen LogP contribution in [0.2, 0.25) is 0 Å². The summed E-state index contributed by atoms with van der Waals surface area (Å²) in [6, 6.07) is 4.33. The Balaban J connectivity index is 3.47. The third-order valence-electron chi connectivity index (χ3n) is 1.47. The second-order valence-corrected chi connectivity index (χ2v) is 3.09. The Hall–Kier alpha value is -1.54. The van der Waals surface area contributed by atoms with Crippen LogP contribution >= 0.6 is 15.9 Å². The third-order valence-corrected chi connectivity index (χ3v) is 2.13. The molecule has 0 atom stereocenters. The van der Waals surface area contributed by atoms with Crippen LogP contribution in [0.5, 0.6) is 5.75 Å². The van der Waals surface area contributed by atoms with Crippen molar-refractivity contribution >= 4 is 21.9 Å². The van der Waals surface area contributed by atoms with Gasteiger partial charge in [0.2, 0.25) is 0 Å². The van der Waals surface area contributed by atoms with Crippen molar-refractivity contribution in [3.05, 3.63) is 27.7 Å². The smallest absolute Gasteiger partial charge is 0.339 e. The SMILES string of the molecule is N#Cc1c(Br)ccc(C(=O)O)c1O. The molecule has 0 radical (unpaired) electrons. The van der Waals surface area contributed by atoms with Crippen LogP contribution in [-0.4, -0.2) is 16.2 Å². The van der Waals surface area contributed by atoms with E-state index in [9.17, 15) is 9.90 Å². The number of phenols is 1. The summed E-state index contributed by atoms with van der Waals surface area (Å²) in [5.41, 5.74) is -0.348. The summed E-state index contributed by atoms with van der Waals surface area (Å²) in [7, 11) is 0. The lowest BCUT2D eigenvalue weighted by Crippen LogP contribution is -1.98. The fraction of sp³-hybridized carbons (Fsp3) is 0. The minimum absolute atomic E-state index is 0.0695. The van der Waals surface area contributed by atoms with Gasteiger partial charge in [0.15, 0.2) is 0 Å². The fourth-order valence-corrected chi connectivity index (χ4v) is 1.25. The van der Waals surface area contributed by atoms with E-state index in [1.54, 1.807) is 6.07 Å². The van der Waals surface area contributed by atoms with Gasteiger partial charge in [0.1, 0.15) is 22.9 Å². The topological polar surface area (TPSA) is 81.3 Å². The lowest BCUT2D eigenvalue weighted by molar-refractivity contribution is 0.0693. The Morgan fingerprint density at radius 3 is 2.62 bits per heavy atom. The number of carbonyl (C=O) groups is 1. The molecule has 1 aromatic carbocycles. The van der Waals surface area contributed by atoms with E-state index in [2.05, 4.69) is 15.9 Å². The van der Waals surface area contributed by atoms with Crippen LogP contribution in [0.15, 0.2) is 16.6 Å². The monoisotopic (exact) mass is 241 g/mol. The Kier molecular flexibility index (Phi) is 2.54. The number of rotatable bonds is 1. The molecule has 0 fully saturated rings. The molecular formula is C8H4BrNO3. The Bertz CT molecular complexity index is 409. The van der Waals surface area contributed by atoms with Crippen molar-refractivity contribution in [3.8, 4) is 11.8 Å². The number of carboxylic acids is 1. The van der Waals surface area contributed by atoms with Gasteiger partial charge in [-0.25, -0.2) is 4.79 Å². The van der Waals surface area contributed by atoms with Crippen LogP contribution in [0.3, 0.4) is 0 Å². The molecule has 0 saturated carbocycles. The highest BCUT2D eigenvalue weighted by atomic mass is 79.9. The molecule has 0 aliphatic heterocycles. The van der Waals surface area contributed by atoms with Gasteiger partial charge in [0, 0.05) is 4.47 Å². The van der Waals surface area contributed by atoms with Crippen molar-refractivity contribution in [1.82, 2.24) is 0 Å². The van der Waals surface area contributed by atoms with E-state index in [-0.39, 0.29) is 11.1 Å². The molecule has 0 aliphatic carbocycles. The molecule has 66 valence electrons. The number of nitriles is 1. The maximum Gasteiger partial charge on any atom is 0.339 e. The van der Waals surface area contributed by atoms with E-state index >= 15 is 0 Å². The molecule has 0 aliphatic rings. The zero-order chi connectivity index (χ0) is 10.0. The van der Waals surface area contributed by atoms with Crippen LogP contribution < -0.4 is 0 Å². The van der Waals surface area contributed by atoms with Crippen LogP contribution in [0, 0.1) is 11.3 Å². The number of halogens is 1. The van der Waals surface area contributed by atoms with Gasteiger partial charge in [0.05, 0.1) is 0 Å². The van der Waals surface area contributed by atoms with Crippen LogP contribution in [-0.2, 0) is 0 Å². The highest BCUT2D eigenvalue weighted by Crippen LogP contribution is 2.28. The van der Waals surface area contributed by atoms with E-state index in [1.807, 2.05) is 0 Å². The van der Waals surface area contributed by atoms with Crippen molar-refractivity contribution in [3.63, 3.8) is 0 Å². The van der Waals surface area contributed by atoms with Gasteiger partial charge in [-0.1, -0.05) is 0 Å². The Morgan fingerprint density at radius 1 is 1.54 bits per heavy atom. The van der Waals surface area contributed by atoms with Crippen LogP contribution in [0.4, 0.5) is 0 Å². The Morgan fingerprint density at radius 2 is 2.15 bits per heavy atom. The fourth-order valence-electron chi connectivity index (χ4n) is 0.845. The lowest BCUT2D eigenvalue weighted by atomic mass is 10.1. The molecule has 4 nitrogen and oxygen atoms in total. The molecule has 0 bridgehead atoms. The number of hydrogen-bond donors (Lipinski definition) is 2. The van der Waals surface area contributed by atoms with Gasteiger partial charge >= 0.3 is 5.97 Å². The van der Waals surface area contributed by atoms with E-state index in [0.29, 0.717) is 4.47 Å².